The van der Waals surface area contributed by atoms with E-state index in [0.717, 1.165) is 6.21 Å². The summed E-state index contributed by atoms with van der Waals surface area (Å²) in [6.07, 6.45) is 1.10. The van der Waals surface area contributed by atoms with Crippen molar-refractivity contribution in [1.29, 1.82) is 0 Å². The van der Waals surface area contributed by atoms with E-state index in [9.17, 15) is 15.0 Å². The number of aromatic hydroxyl groups is 3. The van der Waals surface area contributed by atoms with Crippen LogP contribution in [0.1, 0.15) is 5.56 Å². The first-order valence-electron chi connectivity index (χ1n) is 4.83. The fraction of sp³-hybridized carbons (Fsp3) is 0.200. The molecule has 0 spiro atoms. The van der Waals surface area contributed by atoms with E-state index >= 15 is 0 Å². The standard InChI is InChI=1S/C10H11AsN2O5.ClH/c11-6(4-14)10(18)13-12-3-5-1-2-7(15)9(17)8(5)16;/h1-3,6,14-17H,4H2,(H,13,18);1H. The molecule has 0 bridgehead atoms. The Balaban J connectivity index is 0.00000324. The number of nitrogens with one attached hydrogen (secondary N) is 1. The Labute approximate surface area is 123 Å². The molecule has 7 nitrogen and oxygen atoms in total. The van der Waals surface area contributed by atoms with Gasteiger partial charge in [0.25, 0.3) is 0 Å². The minimum atomic E-state index is -0.661. The summed E-state index contributed by atoms with van der Waals surface area (Å²) in [4.78, 5) is 11.2. The Bertz CT molecular complexity index is 483. The number of carbonyl (C=O) groups is 1. The van der Waals surface area contributed by atoms with E-state index in [1.807, 2.05) is 16.9 Å². The van der Waals surface area contributed by atoms with Gasteiger partial charge in [-0.25, -0.2) is 0 Å². The molecule has 5 N–H and O–H groups in total. The minimum absolute atomic E-state index is 0. The van der Waals surface area contributed by atoms with Crippen LogP contribution in [0.5, 0.6) is 17.2 Å². The van der Waals surface area contributed by atoms with E-state index in [1.54, 1.807) is 0 Å². The summed E-state index contributed by atoms with van der Waals surface area (Å²) in [5.74, 6) is -2.17. The van der Waals surface area contributed by atoms with Crippen LogP contribution in [0.3, 0.4) is 0 Å². The van der Waals surface area contributed by atoms with Crippen LogP contribution in [0, 0.1) is 0 Å². The van der Waals surface area contributed by atoms with Crippen molar-refractivity contribution in [2.45, 2.75) is 4.71 Å². The van der Waals surface area contributed by atoms with E-state index in [1.165, 1.54) is 12.1 Å². The van der Waals surface area contributed by atoms with Gasteiger partial charge >= 0.3 is 111 Å². The zero-order valence-electron chi connectivity index (χ0n) is 9.52. The van der Waals surface area contributed by atoms with Crippen molar-refractivity contribution in [3.05, 3.63) is 17.7 Å². The number of benzene rings is 1. The van der Waals surface area contributed by atoms with Crippen molar-refractivity contribution in [3.8, 4) is 17.2 Å². The van der Waals surface area contributed by atoms with Crippen molar-refractivity contribution in [1.82, 2.24) is 5.43 Å². The second-order valence-corrected chi connectivity index (χ2v) is 4.61. The van der Waals surface area contributed by atoms with Gasteiger partial charge in [-0.05, 0) is 0 Å². The summed E-state index contributed by atoms with van der Waals surface area (Å²) in [7, 11) is 0. The zero-order chi connectivity index (χ0) is 13.7. The van der Waals surface area contributed by atoms with Crippen molar-refractivity contribution >= 4 is 41.4 Å². The quantitative estimate of drug-likeness (QED) is 0.219. The van der Waals surface area contributed by atoms with Crippen LogP contribution >= 0.6 is 12.4 Å². The van der Waals surface area contributed by atoms with Gasteiger partial charge in [-0.1, -0.05) is 0 Å². The summed E-state index contributed by atoms with van der Waals surface area (Å²) in [6, 6.07) is 2.48. The fourth-order valence-corrected chi connectivity index (χ4v) is 1.13. The summed E-state index contributed by atoms with van der Waals surface area (Å²) in [6.45, 7) is -0.327. The number of halogens is 1. The summed E-state index contributed by atoms with van der Waals surface area (Å²) < 4.78 is -0.656. The van der Waals surface area contributed by atoms with E-state index < -0.39 is 27.9 Å². The van der Waals surface area contributed by atoms with E-state index in [4.69, 9.17) is 10.2 Å². The normalized spacial score (nSPS) is 11.9. The molecule has 9 heteroatoms. The van der Waals surface area contributed by atoms with Gasteiger partial charge in [0.2, 0.25) is 0 Å². The maximum atomic E-state index is 11.2. The third kappa shape index (κ3) is 4.63. The number of amides is 1. The number of phenols is 3. The van der Waals surface area contributed by atoms with E-state index in [2.05, 4.69) is 10.5 Å². The second kappa shape index (κ2) is 7.88. The molecule has 0 saturated heterocycles. The fourth-order valence-electron chi connectivity index (χ4n) is 1.01. The van der Waals surface area contributed by atoms with Gasteiger partial charge in [0.15, 0.2) is 0 Å². The maximum absolute atomic E-state index is 11.2. The molecule has 1 atom stereocenters. The molecule has 0 fully saturated rings. The molecular formula is C10H12AsClN2O5. The van der Waals surface area contributed by atoms with E-state index in [-0.39, 0.29) is 24.6 Å². The summed E-state index contributed by atoms with van der Waals surface area (Å²) in [5, 5.41) is 40.0. The van der Waals surface area contributed by atoms with Gasteiger partial charge in [0.1, 0.15) is 0 Å². The third-order valence-electron chi connectivity index (χ3n) is 2.02. The van der Waals surface area contributed by atoms with Crippen LogP contribution < -0.4 is 5.43 Å². The molecule has 1 rings (SSSR count). The van der Waals surface area contributed by atoms with E-state index in [0.29, 0.717) is 0 Å². The molecule has 0 heterocycles. The van der Waals surface area contributed by atoms with Crippen LogP contribution in [0.15, 0.2) is 17.2 Å². The van der Waals surface area contributed by atoms with Crippen molar-refractivity contribution in [3.63, 3.8) is 0 Å². The summed E-state index contributed by atoms with van der Waals surface area (Å²) >= 11 is 1.98. The molecule has 104 valence electrons. The molecule has 0 saturated carbocycles. The second-order valence-electron chi connectivity index (χ2n) is 3.30. The van der Waals surface area contributed by atoms with Crippen molar-refractivity contribution in [2.75, 3.05) is 6.61 Å². The predicted octanol–water partition coefficient (Wildman–Crippen LogP) is -0.375. The molecule has 0 aliphatic carbocycles. The van der Waals surface area contributed by atoms with Gasteiger partial charge in [0.05, 0.1) is 0 Å². The monoisotopic (exact) mass is 350 g/mol. The van der Waals surface area contributed by atoms with Gasteiger partial charge in [-0.3, -0.25) is 0 Å². The number of hydrogen-bond donors (Lipinski definition) is 5. The van der Waals surface area contributed by atoms with Gasteiger partial charge in [-0.15, -0.1) is 12.4 Å². The predicted molar refractivity (Wildman–Crippen MR) is 71.0 cm³/mol. The Morgan fingerprint density at radius 1 is 1.37 bits per heavy atom. The van der Waals surface area contributed by atoms with Crippen LogP contribution in [0.2, 0.25) is 4.71 Å². The molecular weight excluding hydrogens is 338 g/mol. The first kappa shape index (κ1) is 17.6. The molecule has 0 aliphatic rings. The SMILES string of the molecule is Cl.O=C(NN=Cc1ccc(O)c(O)c1O)C([As])CO. The molecule has 0 aliphatic heterocycles. The molecule has 1 aromatic rings. The Hall–Kier alpha value is -1.43. The Kier molecular flexibility index (Phi) is 7.29. The van der Waals surface area contributed by atoms with Crippen LogP contribution in [0.25, 0.3) is 0 Å². The van der Waals surface area contributed by atoms with Gasteiger partial charge in [0, 0.05) is 0 Å². The molecule has 1 amide bonds. The number of carbonyl (C=O) groups excluding carboxylic acids is 1. The number of phenolic OH excluding ortho intramolecular Hbond substituents is 3. The third-order valence-corrected chi connectivity index (χ3v) is 2.85. The van der Waals surface area contributed by atoms with Crippen LogP contribution in [0.4, 0.5) is 0 Å². The zero-order valence-corrected chi connectivity index (χ0v) is 12.2. The number of hydrogen-bond acceptors (Lipinski definition) is 6. The Morgan fingerprint density at radius 2 is 2.00 bits per heavy atom. The molecule has 1 aromatic carbocycles. The Morgan fingerprint density at radius 3 is 2.58 bits per heavy atom. The number of hydrazone groups is 1. The average molecular weight is 351 g/mol. The number of nitrogens with zero attached hydrogens (tertiary/aromatic N) is 1. The molecule has 19 heavy (non-hydrogen) atoms. The number of aliphatic hydroxyl groups excluding tert-OH is 1. The topological polar surface area (TPSA) is 122 Å². The first-order valence-corrected chi connectivity index (χ1v) is 5.91. The van der Waals surface area contributed by atoms with Crippen LogP contribution in [-0.4, -0.2) is 56.0 Å². The summed E-state index contributed by atoms with van der Waals surface area (Å²) in [5.41, 5.74) is 2.26. The first-order chi connectivity index (χ1) is 8.47. The van der Waals surface area contributed by atoms with Gasteiger partial charge < -0.3 is 0 Å². The van der Waals surface area contributed by atoms with Crippen LogP contribution in [-0.2, 0) is 4.79 Å². The van der Waals surface area contributed by atoms with Crippen molar-refractivity contribution in [2.24, 2.45) is 5.10 Å². The molecule has 2 radical (unpaired) electrons. The number of rotatable bonds is 4. The molecule has 0 aromatic heterocycles. The average Bonchev–Trinajstić information content (AvgIpc) is 2.37. The number of aliphatic hydroxyl groups is 1. The molecule has 1 unspecified atom stereocenters. The van der Waals surface area contributed by atoms with Gasteiger partial charge in [-0.2, -0.15) is 0 Å². The van der Waals surface area contributed by atoms with Crippen molar-refractivity contribution < 1.29 is 25.2 Å².